The van der Waals surface area contributed by atoms with E-state index in [4.69, 9.17) is 9.47 Å². The third kappa shape index (κ3) is 4.30. The van der Waals surface area contributed by atoms with E-state index < -0.39 is 33.9 Å². The van der Waals surface area contributed by atoms with Gasteiger partial charge in [0.05, 0.1) is 24.7 Å². The van der Waals surface area contributed by atoms with Crippen LogP contribution in [0.15, 0.2) is 71.6 Å². The highest BCUT2D eigenvalue weighted by Crippen LogP contribution is 2.46. The van der Waals surface area contributed by atoms with Crippen molar-refractivity contribution >= 4 is 21.9 Å². The Morgan fingerprint density at radius 3 is 2.23 bits per heavy atom. The summed E-state index contributed by atoms with van der Waals surface area (Å²) in [6, 6.07) is 17.0. The van der Waals surface area contributed by atoms with Crippen LogP contribution in [0, 0.1) is 13.8 Å². The number of esters is 1. The van der Waals surface area contributed by atoms with Crippen LogP contribution in [0.4, 0.5) is 0 Å². The van der Waals surface area contributed by atoms with Gasteiger partial charge in [0, 0.05) is 5.56 Å². The summed E-state index contributed by atoms with van der Waals surface area (Å²) in [5, 5.41) is 0. The van der Waals surface area contributed by atoms with Gasteiger partial charge in [0.15, 0.2) is 0 Å². The van der Waals surface area contributed by atoms with E-state index in [0.717, 1.165) is 9.87 Å². The van der Waals surface area contributed by atoms with Crippen LogP contribution >= 0.6 is 0 Å². The second-order valence-electron chi connectivity index (χ2n) is 8.41. The Labute approximate surface area is 205 Å². The van der Waals surface area contributed by atoms with Gasteiger partial charge in [-0.3, -0.25) is 9.59 Å². The number of carbonyl (C=O) groups excluding carboxylic acids is 2. The van der Waals surface area contributed by atoms with E-state index in [0.29, 0.717) is 22.4 Å². The fraction of sp³-hybridized carbons (Fsp3) is 0.259. The van der Waals surface area contributed by atoms with E-state index in [2.05, 4.69) is 0 Å². The molecule has 2 atom stereocenters. The van der Waals surface area contributed by atoms with Crippen molar-refractivity contribution in [3.8, 4) is 5.75 Å². The lowest BCUT2D eigenvalue weighted by molar-refractivity contribution is -0.146. The van der Waals surface area contributed by atoms with E-state index in [9.17, 15) is 18.0 Å². The molecule has 0 aromatic heterocycles. The summed E-state index contributed by atoms with van der Waals surface area (Å²) in [6.45, 7) is 5.37. The predicted molar refractivity (Wildman–Crippen MR) is 131 cm³/mol. The lowest BCUT2D eigenvalue weighted by Gasteiger charge is -2.40. The molecule has 1 aliphatic heterocycles. The summed E-state index contributed by atoms with van der Waals surface area (Å²) in [4.78, 5) is 27.3. The Bertz CT molecular complexity index is 1360. The topological polar surface area (TPSA) is 90.0 Å². The molecule has 1 heterocycles. The Kier molecular flexibility index (Phi) is 6.67. The number of benzene rings is 3. The summed E-state index contributed by atoms with van der Waals surface area (Å²) in [7, 11) is -2.82. The summed E-state index contributed by atoms with van der Waals surface area (Å²) in [6.07, 6.45) is 0. The number of sulfonamides is 1. The predicted octanol–water partition coefficient (Wildman–Crippen LogP) is 4.54. The molecule has 0 fully saturated rings. The Morgan fingerprint density at radius 1 is 0.971 bits per heavy atom. The van der Waals surface area contributed by atoms with Crippen LogP contribution in [-0.2, 0) is 19.6 Å². The van der Waals surface area contributed by atoms with Crippen LogP contribution in [0.2, 0.25) is 0 Å². The van der Waals surface area contributed by atoms with Crippen molar-refractivity contribution in [3.05, 3.63) is 94.5 Å². The van der Waals surface area contributed by atoms with E-state index >= 15 is 0 Å². The zero-order chi connectivity index (χ0) is 25.3. The fourth-order valence-corrected chi connectivity index (χ4v) is 6.04. The van der Waals surface area contributed by atoms with Crippen molar-refractivity contribution < 1.29 is 27.5 Å². The highest BCUT2D eigenvalue weighted by molar-refractivity contribution is 7.89. The van der Waals surface area contributed by atoms with Crippen LogP contribution in [0.3, 0.4) is 0 Å². The molecule has 0 saturated heterocycles. The van der Waals surface area contributed by atoms with Crippen LogP contribution < -0.4 is 4.74 Å². The van der Waals surface area contributed by atoms with E-state index in [1.165, 1.54) is 19.2 Å². The highest BCUT2D eigenvalue weighted by Gasteiger charge is 2.50. The smallest absolute Gasteiger partial charge is 0.315 e. The molecular weight excluding hydrogens is 466 g/mol. The maximum Gasteiger partial charge on any atom is 0.315 e. The van der Waals surface area contributed by atoms with E-state index in [1.807, 2.05) is 6.92 Å². The minimum atomic E-state index is -4.34. The number of hydrogen-bond donors (Lipinski definition) is 0. The van der Waals surface area contributed by atoms with Crippen molar-refractivity contribution in [1.82, 2.24) is 4.31 Å². The third-order valence-corrected chi connectivity index (χ3v) is 7.98. The Balaban J connectivity index is 2.02. The Morgan fingerprint density at radius 2 is 1.63 bits per heavy atom. The van der Waals surface area contributed by atoms with Crippen molar-refractivity contribution in [2.75, 3.05) is 13.7 Å². The van der Waals surface area contributed by atoms with Gasteiger partial charge in [0.25, 0.3) is 15.9 Å². The van der Waals surface area contributed by atoms with Crippen molar-refractivity contribution in [2.45, 2.75) is 37.6 Å². The zero-order valence-corrected chi connectivity index (χ0v) is 20.8. The number of methoxy groups -OCH3 is 1. The normalized spacial score (nSPS) is 17.6. The van der Waals surface area contributed by atoms with Crippen LogP contribution in [0.5, 0.6) is 5.75 Å². The molecule has 0 aliphatic carbocycles. The summed E-state index contributed by atoms with van der Waals surface area (Å²) >= 11 is 0. The molecule has 0 saturated carbocycles. The number of amides is 1. The molecular formula is C27H27NO6S. The van der Waals surface area contributed by atoms with Gasteiger partial charge in [-0.2, -0.15) is 0 Å². The average molecular weight is 494 g/mol. The van der Waals surface area contributed by atoms with Gasteiger partial charge in [-0.15, -0.1) is 0 Å². The number of fused-ring (bicyclic) bond motifs is 1. The standard InChI is InChI=1S/C27H27NO6S/c1-5-34-27(30)24-22-8-6-7-18(3)23(22)26(29)28(25(24)19-11-13-20(33-4)14-12-19)35(31,32)21-15-9-17(2)10-16-21/h6-16,24-25H,5H2,1-4H3. The second-order valence-corrected chi connectivity index (χ2v) is 10.2. The number of aryl methyl sites for hydroxylation is 2. The number of ether oxygens (including phenoxy) is 2. The minimum absolute atomic E-state index is 0.0328. The first kappa shape index (κ1) is 24.5. The van der Waals surface area contributed by atoms with Crippen molar-refractivity contribution in [1.29, 1.82) is 0 Å². The first-order chi connectivity index (χ1) is 16.7. The zero-order valence-electron chi connectivity index (χ0n) is 20.0. The molecule has 35 heavy (non-hydrogen) atoms. The molecule has 0 N–H and O–H groups in total. The second kappa shape index (κ2) is 9.54. The van der Waals surface area contributed by atoms with Crippen LogP contribution in [0.25, 0.3) is 0 Å². The summed E-state index contributed by atoms with van der Waals surface area (Å²) in [5.41, 5.74) is 2.58. The summed E-state index contributed by atoms with van der Waals surface area (Å²) in [5.74, 6) is -1.76. The molecule has 1 aliphatic rings. The summed E-state index contributed by atoms with van der Waals surface area (Å²) < 4.78 is 39.5. The van der Waals surface area contributed by atoms with E-state index in [1.54, 1.807) is 68.4 Å². The first-order valence-corrected chi connectivity index (χ1v) is 12.7. The molecule has 3 aromatic rings. The van der Waals surface area contributed by atoms with E-state index in [-0.39, 0.29) is 17.1 Å². The lowest BCUT2D eigenvalue weighted by Crippen LogP contribution is -2.48. The van der Waals surface area contributed by atoms with Gasteiger partial charge >= 0.3 is 5.97 Å². The molecule has 0 radical (unpaired) electrons. The molecule has 3 aromatic carbocycles. The minimum Gasteiger partial charge on any atom is -0.497 e. The molecule has 2 unspecified atom stereocenters. The SMILES string of the molecule is CCOC(=O)C1c2cccc(C)c2C(=O)N(S(=O)(=O)c2ccc(C)cc2)C1c1ccc(OC)cc1. The van der Waals surface area contributed by atoms with Crippen LogP contribution in [-0.4, -0.2) is 38.3 Å². The van der Waals surface area contributed by atoms with Crippen LogP contribution in [0.1, 0.15) is 51.5 Å². The van der Waals surface area contributed by atoms with Crippen molar-refractivity contribution in [3.63, 3.8) is 0 Å². The molecule has 1 amide bonds. The number of carbonyl (C=O) groups is 2. The van der Waals surface area contributed by atoms with Crippen molar-refractivity contribution in [2.24, 2.45) is 0 Å². The molecule has 4 rings (SSSR count). The van der Waals surface area contributed by atoms with Gasteiger partial charge in [0.1, 0.15) is 11.7 Å². The molecule has 7 nitrogen and oxygen atoms in total. The lowest BCUT2D eigenvalue weighted by atomic mass is 9.80. The van der Waals surface area contributed by atoms with Gasteiger partial charge in [-0.1, -0.05) is 48.0 Å². The molecule has 0 spiro atoms. The maximum atomic E-state index is 14.0. The molecule has 8 heteroatoms. The van der Waals surface area contributed by atoms with Gasteiger partial charge in [0.2, 0.25) is 0 Å². The molecule has 182 valence electrons. The van der Waals surface area contributed by atoms with Gasteiger partial charge in [-0.05, 0) is 61.7 Å². The number of nitrogens with zero attached hydrogens (tertiary/aromatic N) is 1. The Hall–Kier alpha value is -3.65. The first-order valence-electron chi connectivity index (χ1n) is 11.3. The number of rotatable bonds is 6. The van der Waals surface area contributed by atoms with Gasteiger partial charge < -0.3 is 9.47 Å². The fourth-order valence-electron chi connectivity index (χ4n) is 4.48. The largest absolute Gasteiger partial charge is 0.497 e. The molecule has 0 bridgehead atoms. The third-order valence-electron chi connectivity index (χ3n) is 6.20. The average Bonchev–Trinajstić information content (AvgIpc) is 2.84. The number of hydrogen-bond acceptors (Lipinski definition) is 6. The van der Waals surface area contributed by atoms with Gasteiger partial charge in [-0.25, -0.2) is 12.7 Å². The highest BCUT2D eigenvalue weighted by atomic mass is 32.2. The monoisotopic (exact) mass is 493 g/mol. The maximum absolute atomic E-state index is 14.0. The quantitative estimate of drug-likeness (QED) is 0.468.